The predicted molar refractivity (Wildman–Crippen MR) is 96.3 cm³/mol. The molecule has 0 radical (unpaired) electrons. The third-order valence-corrected chi connectivity index (χ3v) is 3.38. The fourth-order valence-electron chi connectivity index (χ4n) is 2.26. The topological polar surface area (TPSA) is 106 Å². The highest BCUT2D eigenvalue weighted by atomic mass is 16.5. The molecule has 0 atom stereocenters. The number of carbonyl (C=O) groups excluding carboxylic acids is 1. The van der Waals surface area contributed by atoms with E-state index in [0.29, 0.717) is 18.7 Å². The van der Waals surface area contributed by atoms with E-state index in [-0.39, 0.29) is 17.7 Å². The minimum Gasteiger partial charge on any atom is -0.333 e. The summed E-state index contributed by atoms with van der Waals surface area (Å²) in [6.45, 7) is 8.27. The Labute approximate surface area is 148 Å². The molecule has 0 aliphatic carbocycles. The molecule has 2 heterocycles. The van der Waals surface area contributed by atoms with Gasteiger partial charge in [-0.2, -0.15) is 9.97 Å². The van der Waals surface area contributed by atoms with Crippen LogP contribution in [-0.2, 0) is 0 Å². The van der Waals surface area contributed by atoms with Crippen molar-refractivity contribution in [2.45, 2.75) is 0 Å². The van der Waals surface area contributed by atoms with E-state index in [1.54, 1.807) is 47.4 Å². The quantitative estimate of drug-likeness (QED) is 0.642. The van der Waals surface area contributed by atoms with Gasteiger partial charge >= 0.3 is 5.76 Å². The first-order valence-corrected chi connectivity index (χ1v) is 7.73. The molecule has 1 amide bonds. The first-order chi connectivity index (χ1) is 12.6. The SMILES string of the molecule is C=CCN(CC=C)c1nc(NC(=O)c2ccccc2)n2oc(=O)nc2n1. The second-order valence-corrected chi connectivity index (χ2v) is 5.21. The molecule has 0 saturated heterocycles. The third kappa shape index (κ3) is 3.51. The number of fused-ring (bicyclic) bond motifs is 1. The van der Waals surface area contributed by atoms with E-state index < -0.39 is 11.7 Å². The van der Waals surface area contributed by atoms with Crippen molar-refractivity contribution in [1.82, 2.24) is 19.5 Å². The lowest BCUT2D eigenvalue weighted by Gasteiger charge is -2.19. The Kier molecular flexibility index (Phi) is 4.88. The number of rotatable bonds is 7. The van der Waals surface area contributed by atoms with E-state index in [2.05, 4.69) is 33.4 Å². The molecular weight excluding hydrogens is 336 g/mol. The van der Waals surface area contributed by atoms with Gasteiger partial charge in [0.15, 0.2) is 0 Å². The van der Waals surface area contributed by atoms with Crippen molar-refractivity contribution < 1.29 is 9.32 Å². The molecule has 132 valence electrons. The molecule has 0 aliphatic rings. The molecule has 0 fully saturated rings. The van der Waals surface area contributed by atoms with Crippen molar-refractivity contribution in [2.24, 2.45) is 0 Å². The van der Waals surface area contributed by atoms with E-state index in [1.807, 2.05) is 0 Å². The Hall–Kier alpha value is -3.75. The molecule has 0 aliphatic heterocycles. The predicted octanol–water partition coefficient (Wildman–Crippen LogP) is 1.51. The number of carbonyl (C=O) groups is 1. The Morgan fingerprint density at radius 3 is 2.50 bits per heavy atom. The summed E-state index contributed by atoms with van der Waals surface area (Å²) < 4.78 is 5.92. The first kappa shape index (κ1) is 17.1. The van der Waals surface area contributed by atoms with Gasteiger partial charge in [-0.05, 0) is 12.1 Å². The summed E-state index contributed by atoms with van der Waals surface area (Å²) in [6, 6.07) is 8.59. The number of hydrogen-bond donors (Lipinski definition) is 1. The van der Waals surface area contributed by atoms with Crippen LogP contribution in [0.3, 0.4) is 0 Å². The maximum atomic E-state index is 12.4. The van der Waals surface area contributed by atoms with Gasteiger partial charge in [0, 0.05) is 18.7 Å². The van der Waals surface area contributed by atoms with Crippen LogP contribution in [0.4, 0.5) is 11.9 Å². The second-order valence-electron chi connectivity index (χ2n) is 5.21. The molecule has 9 heteroatoms. The van der Waals surface area contributed by atoms with Crippen LogP contribution in [0.15, 0.2) is 65.0 Å². The number of nitrogens with zero attached hydrogens (tertiary/aromatic N) is 5. The zero-order valence-corrected chi connectivity index (χ0v) is 13.8. The van der Waals surface area contributed by atoms with Crippen LogP contribution >= 0.6 is 0 Å². The lowest BCUT2D eigenvalue weighted by molar-refractivity contribution is 0.102. The molecule has 3 aromatic rings. The fourth-order valence-corrected chi connectivity index (χ4v) is 2.26. The molecule has 0 unspecified atom stereocenters. The van der Waals surface area contributed by atoms with Crippen molar-refractivity contribution >= 4 is 23.6 Å². The average molecular weight is 352 g/mol. The fraction of sp³-hybridized carbons (Fsp3) is 0.118. The summed E-state index contributed by atoms with van der Waals surface area (Å²) in [5, 5.41) is 2.62. The van der Waals surface area contributed by atoms with Crippen molar-refractivity contribution in [3.8, 4) is 0 Å². The maximum absolute atomic E-state index is 12.4. The Morgan fingerprint density at radius 2 is 1.85 bits per heavy atom. The number of amides is 1. The zero-order valence-electron chi connectivity index (χ0n) is 13.8. The van der Waals surface area contributed by atoms with Crippen LogP contribution < -0.4 is 16.0 Å². The van der Waals surface area contributed by atoms with Gasteiger partial charge in [-0.3, -0.25) is 10.1 Å². The molecule has 0 saturated carbocycles. The van der Waals surface area contributed by atoms with Crippen LogP contribution in [0.5, 0.6) is 0 Å². The summed E-state index contributed by atoms with van der Waals surface area (Å²) in [5.41, 5.74) is 0.428. The van der Waals surface area contributed by atoms with Crippen molar-refractivity contribution in [3.05, 3.63) is 71.8 Å². The molecule has 3 rings (SSSR count). The minimum atomic E-state index is -0.842. The zero-order chi connectivity index (χ0) is 18.5. The molecule has 1 N–H and O–H groups in total. The molecule has 2 aromatic heterocycles. The standard InChI is InChI=1S/C17H16N6O3/c1-3-10-22(11-4-2)14-19-15(23-16(20-14)21-17(25)26-23)18-13(24)12-8-6-5-7-9-12/h3-9H,1-2,10-11H2,(H,18,19,20,21,24,25). The van der Waals surface area contributed by atoms with Gasteiger partial charge in [-0.15, -0.1) is 18.1 Å². The first-order valence-electron chi connectivity index (χ1n) is 7.73. The van der Waals surface area contributed by atoms with Gasteiger partial charge in [-0.1, -0.05) is 34.9 Å². The Morgan fingerprint density at radius 1 is 1.15 bits per heavy atom. The van der Waals surface area contributed by atoms with Crippen molar-refractivity contribution in [3.63, 3.8) is 0 Å². The lowest BCUT2D eigenvalue weighted by atomic mass is 10.2. The highest BCUT2D eigenvalue weighted by Crippen LogP contribution is 2.15. The third-order valence-electron chi connectivity index (χ3n) is 3.38. The highest BCUT2D eigenvalue weighted by Gasteiger charge is 2.18. The van der Waals surface area contributed by atoms with Gasteiger partial charge < -0.3 is 9.42 Å². The summed E-state index contributed by atoms with van der Waals surface area (Å²) in [5.74, 6) is -1.02. The van der Waals surface area contributed by atoms with E-state index in [4.69, 9.17) is 4.52 Å². The van der Waals surface area contributed by atoms with Gasteiger partial charge in [0.1, 0.15) is 0 Å². The molecule has 9 nitrogen and oxygen atoms in total. The van der Waals surface area contributed by atoms with Gasteiger partial charge in [0.25, 0.3) is 17.6 Å². The average Bonchev–Trinajstić information content (AvgIpc) is 3.02. The van der Waals surface area contributed by atoms with E-state index in [1.165, 1.54) is 0 Å². The number of benzene rings is 1. The molecular formula is C17H16N6O3. The van der Waals surface area contributed by atoms with Crippen LogP contribution in [0.2, 0.25) is 0 Å². The monoisotopic (exact) mass is 352 g/mol. The number of aromatic nitrogens is 4. The van der Waals surface area contributed by atoms with Crippen LogP contribution in [0, 0.1) is 0 Å². The molecule has 1 aromatic carbocycles. The molecule has 26 heavy (non-hydrogen) atoms. The number of anilines is 2. The summed E-state index contributed by atoms with van der Waals surface area (Å²) in [6.07, 6.45) is 3.35. The van der Waals surface area contributed by atoms with Crippen LogP contribution in [-0.4, -0.2) is 38.5 Å². The second kappa shape index (κ2) is 7.43. The minimum absolute atomic E-state index is 0.00780. The van der Waals surface area contributed by atoms with E-state index in [9.17, 15) is 9.59 Å². The molecule has 0 spiro atoms. The summed E-state index contributed by atoms with van der Waals surface area (Å²) >= 11 is 0. The number of nitrogens with one attached hydrogen (secondary N) is 1. The lowest BCUT2D eigenvalue weighted by Crippen LogP contribution is -2.27. The summed E-state index contributed by atoms with van der Waals surface area (Å²) in [7, 11) is 0. The normalized spacial score (nSPS) is 10.5. The van der Waals surface area contributed by atoms with E-state index in [0.717, 1.165) is 4.57 Å². The Balaban J connectivity index is 2.04. The van der Waals surface area contributed by atoms with Crippen molar-refractivity contribution in [1.29, 1.82) is 0 Å². The highest BCUT2D eigenvalue weighted by molar-refractivity contribution is 6.03. The summed E-state index contributed by atoms with van der Waals surface area (Å²) in [4.78, 5) is 37.9. The van der Waals surface area contributed by atoms with Gasteiger partial charge in [0.05, 0.1) is 0 Å². The van der Waals surface area contributed by atoms with Crippen molar-refractivity contribution in [2.75, 3.05) is 23.3 Å². The largest absolute Gasteiger partial charge is 0.462 e. The van der Waals surface area contributed by atoms with Crippen LogP contribution in [0.1, 0.15) is 10.4 Å². The smallest absolute Gasteiger partial charge is 0.333 e. The Bertz CT molecular complexity index is 998. The van der Waals surface area contributed by atoms with Gasteiger partial charge in [0.2, 0.25) is 5.95 Å². The maximum Gasteiger partial charge on any atom is 0.462 e. The number of hydrogen-bond acceptors (Lipinski definition) is 7. The van der Waals surface area contributed by atoms with Gasteiger partial charge in [-0.25, -0.2) is 4.79 Å². The van der Waals surface area contributed by atoms with Crippen LogP contribution in [0.25, 0.3) is 5.78 Å². The molecule has 0 bridgehead atoms. The van der Waals surface area contributed by atoms with E-state index >= 15 is 0 Å².